The lowest BCUT2D eigenvalue weighted by molar-refractivity contribution is 0.360. The molecule has 2 nitrogen and oxygen atoms in total. The molecule has 0 spiro atoms. The van der Waals surface area contributed by atoms with Gasteiger partial charge in [-0.1, -0.05) is 22.0 Å². The summed E-state index contributed by atoms with van der Waals surface area (Å²) in [7, 11) is 1.76. The number of hydrogen-bond acceptors (Lipinski definition) is 2. The Morgan fingerprint density at radius 3 is 2.71 bits per heavy atom. The predicted molar refractivity (Wildman–Crippen MR) is 74.7 cm³/mol. The van der Waals surface area contributed by atoms with Gasteiger partial charge in [0.1, 0.15) is 5.75 Å². The number of aryl methyl sites for hydroxylation is 1. The summed E-state index contributed by atoms with van der Waals surface area (Å²) in [5.74, 6) is 1.83. The number of methoxy groups -OCH3 is 1. The van der Waals surface area contributed by atoms with Crippen LogP contribution in [0.4, 0.5) is 0 Å². The van der Waals surface area contributed by atoms with Crippen LogP contribution in [-0.2, 0) is 6.42 Å². The van der Waals surface area contributed by atoms with Crippen molar-refractivity contribution in [2.45, 2.75) is 26.2 Å². The molecule has 1 fully saturated rings. The van der Waals surface area contributed by atoms with E-state index in [4.69, 9.17) is 4.74 Å². The van der Waals surface area contributed by atoms with Crippen molar-refractivity contribution >= 4 is 15.9 Å². The Bertz CT molecular complexity index is 386. The Hall–Kier alpha value is -0.540. The van der Waals surface area contributed by atoms with Crippen molar-refractivity contribution in [1.29, 1.82) is 0 Å². The van der Waals surface area contributed by atoms with E-state index in [0.29, 0.717) is 0 Å². The molecule has 2 rings (SSSR count). The minimum atomic E-state index is 0.781. The maximum absolute atomic E-state index is 5.55. The Morgan fingerprint density at radius 1 is 1.35 bits per heavy atom. The lowest BCUT2D eigenvalue weighted by Crippen LogP contribution is -2.28. The van der Waals surface area contributed by atoms with E-state index in [2.05, 4.69) is 40.3 Å². The second-order valence-electron chi connectivity index (χ2n) is 4.77. The topological polar surface area (TPSA) is 21.3 Å². The van der Waals surface area contributed by atoms with Gasteiger partial charge in [-0.15, -0.1) is 0 Å². The molecule has 0 aliphatic carbocycles. The van der Waals surface area contributed by atoms with Crippen LogP contribution in [-0.4, -0.2) is 20.2 Å². The van der Waals surface area contributed by atoms with E-state index in [1.54, 1.807) is 7.11 Å². The van der Waals surface area contributed by atoms with E-state index < -0.39 is 0 Å². The smallest absolute Gasteiger partial charge is 0.126 e. The summed E-state index contributed by atoms with van der Waals surface area (Å²) in [5.41, 5.74) is 2.55. The summed E-state index contributed by atoms with van der Waals surface area (Å²) in [4.78, 5) is 0. The van der Waals surface area contributed by atoms with Crippen molar-refractivity contribution in [3.8, 4) is 5.75 Å². The third kappa shape index (κ3) is 3.02. The first-order valence-electron chi connectivity index (χ1n) is 6.25. The molecular weight excluding hydrogens is 278 g/mol. The molecule has 94 valence electrons. The van der Waals surface area contributed by atoms with E-state index in [1.165, 1.54) is 28.4 Å². The summed E-state index contributed by atoms with van der Waals surface area (Å²) in [6.07, 6.45) is 3.65. The maximum Gasteiger partial charge on any atom is 0.126 e. The van der Waals surface area contributed by atoms with Crippen LogP contribution in [0.1, 0.15) is 24.0 Å². The van der Waals surface area contributed by atoms with Gasteiger partial charge >= 0.3 is 0 Å². The Balaban J connectivity index is 2.21. The number of rotatable bonds is 3. The monoisotopic (exact) mass is 297 g/mol. The SMILES string of the molecule is COc1c(C)ccc(Br)c1CC1CCNCC1. The summed E-state index contributed by atoms with van der Waals surface area (Å²) < 4.78 is 6.73. The lowest BCUT2D eigenvalue weighted by Gasteiger charge is -2.24. The van der Waals surface area contributed by atoms with Crippen molar-refractivity contribution in [3.63, 3.8) is 0 Å². The molecule has 1 heterocycles. The summed E-state index contributed by atoms with van der Waals surface area (Å²) in [6, 6.07) is 4.24. The maximum atomic E-state index is 5.55. The molecule has 1 saturated heterocycles. The highest BCUT2D eigenvalue weighted by atomic mass is 79.9. The van der Waals surface area contributed by atoms with Crippen molar-refractivity contribution in [1.82, 2.24) is 5.32 Å². The van der Waals surface area contributed by atoms with Gasteiger partial charge in [-0.25, -0.2) is 0 Å². The van der Waals surface area contributed by atoms with E-state index in [9.17, 15) is 0 Å². The lowest BCUT2D eigenvalue weighted by atomic mass is 9.90. The molecule has 1 aromatic carbocycles. The van der Waals surface area contributed by atoms with E-state index in [-0.39, 0.29) is 0 Å². The molecule has 0 aromatic heterocycles. The zero-order chi connectivity index (χ0) is 12.3. The number of benzene rings is 1. The van der Waals surface area contributed by atoms with Crippen LogP contribution in [0.3, 0.4) is 0 Å². The fourth-order valence-corrected chi connectivity index (χ4v) is 3.04. The first-order chi connectivity index (χ1) is 8.22. The number of nitrogens with one attached hydrogen (secondary N) is 1. The summed E-state index contributed by atoms with van der Waals surface area (Å²) in [5, 5.41) is 3.41. The van der Waals surface area contributed by atoms with E-state index in [1.807, 2.05) is 0 Å². The average molecular weight is 298 g/mol. The molecule has 1 aromatic rings. The molecule has 0 bridgehead atoms. The highest BCUT2D eigenvalue weighted by molar-refractivity contribution is 9.10. The molecule has 17 heavy (non-hydrogen) atoms. The molecule has 1 aliphatic heterocycles. The fraction of sp³-hybridized carbons (Fsp3) is 0.571. The minimum Gasteiger partial charge on any atom is -0.496 e. The molecule has 0 amide bonds. The fourth-order valence-electron chi connectivity index (χ4n) is 2.57. The van der Waals surface area contributed by atoms with Crippen LogP contribution >= 0.6 is 15.9 Å². The molecule has 0 radical (unpaired) electrons. The average Bonchev–Trinajstić information content (AvgIpc) is 2.35. The van der Waals surface area contributed by atoms with Gasteiger partial charge in [-0.2, -0.15) is 0 Å². The number of piperidine rings is 1. The number of ether oxygens (including phenoxy) is 1. The highest BCUT2D eigenvalue weighted by Crippen LogP contribution is 2.33. The zero-order valence-corrected chi connectivity index (χ0v) is 12.1. The van der Waals surface area contributed by atoms with E-state index in [0.717, 1.165) is 31.2 Å². The van der Waals surface area contributed by atoms with Crippen LogP contribution in [0.5, 0.6) is 5.75 Å². The van der Waals surface area contributed by atoms with E-state index >= 15 is 0 Å². The second kappa shape index (κ2) is 5.87. The highest BCUT2D eigenvalue weighted by Gasteiger charge is 2.18. The summed E-state index contributed by atoms with van der Waals surface area (Å²) >= 11 is 3.65. The summed E-state index contributed by atoms with van der Waals surface area (Å²) in [6.45, 7) is 4.41. The van der Waals surface area contributed by atoms with Gasteiger partial charge in [-0.3, -0.25) is 0 Å². The van der Waals surface area contributed by atoms with Crippen molar-refractivity contribution in [3.05, 3.63) is 27.7 Å². The molecule has 1 N–H and O–H groups in total. The van der Waals surface area contributed by atoms with Crippen LogP contribution in [0.15, 0.2) is 16.6 Å². The quantitative estimate of drug-likeness (QED) is 0.924. The van der Waals surface area contributed by atoms with Gasteiger partial charge in [0.25, 0.3) is 0 Å². The van der Waals surface area contributed by atoms with Gasteiger partial charge in [0.2, 0.25) is 0 Å². The first kappa shape index (κ1) is 12.9. The number of halogens is 1. The molecule has 3 heteroatoms. The molecule has 0 atom stereocenters. The van der Waals surface area contributed by atoms with Gasteiger partial charge in [0.05, 0.1) is 7.11 Å². The van der Waals surface area contributed by atoms with Crippen LogP contribution in [0, 0.1) is 12.8 Å². The van der Waals surface area contributed by atoms with Gasteiger partial charge in [-0.05, 0) is 56.8 Å². The molecular formula is C14H20BrNO. The number of hydrogen-bond donors (Lipinski definition) is 1. The van der Waals surface area contributed by atoms with Crippen molar-refractivity contribution in [2.24, 2.45) is 5.92 Å². The Morgan fingerprint density at radius 2 is 2.06 bits per heavy atom. The zero-order valence-electron chi connectivity index (χ0n) is 10.6. The third-order valence-corrected chi connectivity index (χ3v) is 4.30. The van der Waals surface area contributed by atoms with Crippen LogP contribution in [0.2, 0.25) is 0 Å². The Kier molecular flexibility index (Phi) is 4.46. The van der Waals surface area contributed by atoms with Gasteiger partial charge in [0, 0.05) is 10.0 Å². The second-order valence-corrected chi connectivity index (χ2v) is 5.63. The van der Waals surface area contributed by atoms with Crippen LogP contribution < -0.4 is 10.1 Å². The van der Waals surface area contributed by atoms with Gasteiger partial charge in [0.15, 0.2) is 0 Å². The normalized spacial score (nSPS) is 17.1. The first-order valence-corrected chi connectivity index (χ1v) is 7.04. The van der Waals surface area contributed by atoms with Gasteiger partial charge < -0.3 is 10.1 Å². The minimum absolute atomic E-state index is 0.781. The molecule has 1 aliphatic rings. The largest absolute Gasteiger partial charge is 0.496 e. The third-order valence-electron chi connectivity index (χ3n) is 3.56. The molecule has 0 unspecified atom stereocenters. The van der Waals surface area contributed by atoms with Crippen LogP contribution in [0.25, 0.3) is 0 Å². The predicted octanol–water partition coefficient (Wildman–Crippen LogP) is 3.31. The standard InChI is InChI=1S/C14H20BrNO/c1-10-3-4-13(15)12(14(10)17-2)9-11-5-7-16-8-6-11/h3-4,11,16H,5-9H2,1-2H3. The van der Waals surface area contributed by atoms with Crippen molar-refractivity contribution in [2.75, 3.05) is 20.2 Å². The van der Waals surface area contributed by atoms with Crippen molar-refractivity contribution < 1.29 is 4.74 Å². The Labute approximate surface area is 112 Å². The molecule has 0 saturated carbocycles.